The van der Waals surface area contributed by atoms with Gasteiger partial charge in [0.15, 0.2) is 5.58 Å². The molecule has 0 unspecified atom stereocenters. The Balaban J connectivity index is 2.19. The highest BCUT2D eigenvalue weighted by Crippen LogP contribution is 2.27. The molecule has 0 aliphatic heterocycles. The Morgan fingerprint density at radius 2 is 2.17 bits per heavy atom. The number of aromatic nitrogens is 1. The third kappa shape index (κ3) is 2.81. The van der Waals surface area contributed by atoms with Crippen LogP contribution in [-0.4, -0.2) is 18.1 Å². The number of carbonyl (C=O) groups excluding carboxylic acids is 1. The number of furan rings is 1. The Hall–Kier alpha value is -2.36. The van der Waals surface area contributed by atoms with Crippen molar-refractivity contribution in [2.45, 2.75) is 0 Å². The molecule has 2 aromatic heterocycles. The number of esters is 1. The lowest BCUT2D eigenvalue weighted by molar-refractivity contribution is 0.0602. The molecule has 3 aromatic rings. The van der Waals surface area contributed by atoms with Gasteiger partial charge in [-0.3, -0.25) is 4.79 Å². The van der Waals surface area contributed by atoms with E-state index in [-0.39, 0.29) is 28.0 Å². The number of rotatable bonds is 3. The van der Waals surface area contributed by atoms with Gasteiger partial charge in [0.05, 0.1) is 24.4 Å². The van der Waals surface area contributed by atoms with Gasteiger partial charge in [-0.1, -0.05) is 0 Å². The Morgan fingerprint density at radius 1 is 1.39 bits per heavy atom. The van der Waals surface area contributed by atoms with Crippen molar-refractivity contribution in [1.82, 2.24) is 4.98 Å². The van der Waals surface area contributed by atoms with E-state index >= 15 is 0 Å². The Morgan fingerprint density at radius 3 is 2.87 bits per heavy atom. The van der Waals surface area contributed by atoms with Crippen LogP contribution >= 0.6 is 22.6 Å². The maximum Gasteiger partial charge on any atom is 0.345 e. The highest BCUT2D eigenvalue weighted by molar-refractivity contribution is 14.1. The number of benzene rings is 1. The van der Waals surface area contributed by atoms with Gasteiger partial charge < -0.3 is 19.5 Å². The molecule has 0 aliphatic carbocycles. The molecule has 1 aromatic carbocycles. The van der Waals surface area contributed by atoms with Gasteiger partial charge in [-0.25, -0.2) is 9.18 Å². The zero-order valence-electron chi connectivity index (χ0n) is 11.8. The lowest BCUT2D eigenvalue weighted by atomic mass is 10.2. The third-order valence-corrected chi connectivity index (χ3v) is 3.88. The first kappa shape index (κ1) is 15.5. The van der Waals surface area contributed by atoms with Crippen molar-refractivity contribution in [2.24, 2.45) is 0 Å². The summed E-state index contributed by atoms with van der Waals surface area (Å²) in [7, 11) is 1.21. The molecule has 0 saturated carbocycles. The van der Waals surface area contributed by atoms with Crippen molar-refractivity contribution in [3.63, 3.8) is 0 Å². The van der Waals surface area contributed by atoms with Gasteiger partial charge in [0.25, 0.3) is 5.56 Å². The van der Waals surface area contributed by atoms with Crippen molar-refractivity contribution in [3.8, 4) is 0 Å². The summed E-state index contributed by atoms with van der Waals surface area (Å²) in [5.74, 6) is -1.23. The van der Waals surface area contributed by atoms with E-state index in [4.69, 9.17) is 9.15 Å². The first-order valence-electron chi connectivity index (χ1n) is 6.45. The average molecular weight is 428 g/mol. The Kier molecular flexibility index (Phi) is 4.07. The molecule has 0 saturated heterocycles. The molecule has 6 nitrogen and oxygen atoms in total. The van der Waals surface area contributed by atoms with E-state index in [2.05, 4.69) is 10.3 Å². The molecular weight excluding hydrogens is 418 g/mol. The summed E-state index contributed by atoms with van der Waals surface area (Å²) >= 11 is 1.98. The molecule has 0 spiro atoms. The molecular formula is C15H10FIN2O4. The van der Waals surface area contributed by atoms with Crippen LogP contribution in [0, 0.1) is 9.39 Å². The van der Waals surface area contributed by atoms with Crippen LogP contribution in [0.15, 0.2) is 39.7 Å². The minimum Gasteiger partial charge on any atom is -0.465 e. The van der Waals surface area contributed by atoms with Gasteiger partial charge in [-0.15, -0.1) is 0 Å². The lowest BCUT2D eigenvalue weighted by Gasteiger charge is -2.11. The van der Waals surface area contributed by atoms with E-state index in [1.807, 2.05) is 22.6 Å². The van der Waals surface area contributed by atoms with Crippen molar-refractivity contribution in [1.29, 1.82) is 0 Å². The average Bonchev–Trinajstić information content (AvgIpc) is 2.99. The number of fused-ring (bicyclic) bond motifs is 1. The van der Waals surface area contributed by atoms with Crippen LogP contribution < -0.4 is 10.9 Å². The first-order valence-corrected chi connectivity index (χ1v) is 7.53. The predicted molar refractivity (Wildman–Crippen MR) is 90.6 cm³/mol. The number of hydrogen-bond donors (Lipinski definition) is 2. The van der Waals surface area contributed by atoms with Crippen LogP contribution in [0.1, 0.15) is 10.4 Å². The Labute approximate surface area is 142 Å². The van der Waals surface area contributed by atoms with Crippen LogP contribution in [0.25, 0.3) is 11.0 Å². The summed E-state index contributed by atoms with van der Waals surface area (Å²) < 4.78 is 24.7. The van der Waals surface area contributed by atoms with E-state index in [1.54, 1.807) is 6.07 Å². The highest BCUT2D eigenvalue weighted by Gasteiger charge is 2.22. The number of methoxy groups -OCH3 is 1. The number of H-pyrrole nitrogens is 1. The fraction of sp³-hybridized carbons (Fsp3) is 0.0667. The zero-order valence-corrected chi connectivity index (χ0v) is 13.9. The smallest absolute Gasteiger partial charge is 0.345 e. The molecule has 0 atom stereocenters. The highest BCUT2D eigenvalue weighted by atomic mass is 127. The summed E-state index contributed by atoms with van der Waals surface area (Å²) in [5.41, 5.74) is -0.286. The molecule has 2 N–H and O–H groups in total. The molecule has 0 amide bonds. The molecule has 23 heavy (non-hydrogen) atoms. The van der Waals surface area contributed by atoms with E-state index < -0.39 is 17.3 Å². The topological polar surface area (TPSA) is 84.3 Å². The van der Waals surface area contributed by atoms with Gasteiger partial charge >= 0.3 is 5.97 Å². The second kappa shape index (κ2) is 6.03. The summed E-state index contributed by atoms with van der Waals surface area (Å²) in [6.07, 6.45) is 1.29. The maximum absolute atomic E-state index is 14.0. The molecule has 3 rings (SSSR count). The van der Waals surface area contributed by atoms with Crippen LogP contribution in [-0.2, 0) is 4.74 Å². The van der Waals surface area contributed by atoms with Gasteiger partial charge in [-0.05, 0) is 46.9 Å². The first-order chi connectivity index (χ1) is 11.0. The lowest BCUT2D eigenvalue weighted by Crippen LogP contribution is -2.15. The number of ether oxygens (including phenoxy) is 1. The van der Waals surface area contributed by atoms with Gasteiger partial charge in [0.2, 0.25) is 0 Å². The summed E-state index contributed by atoms with van der Waals surface area (Å²) in [6, 6.07) is 5.95. The molecule has 0 radical (unpaired) electrons. The number of hydrogen-bond acceptors (Lipinski definition) is 5. The second-order valence-corrected chi connectivity index (χ2v) is 5.85. The molecule has 118 valence electrons. The summed E-state index contributed by atoms with van der Waals surface area (Å²) in [5, 5.41) is 2.92. The normalized spacial score (nSPS) is 10.7. The van der Waals surface area contributed by atoms with E-state index in [0.29, 0.717) is 3.57 Å². The van der Waals surface area contributed by atoms with Gasteiger partial charge in [-0.2, -0.15) is 0 Å². The quantitative estimate of drug-likeness (QED) is 0.494. The molecule has 0 bridgehead atoms. The van der Waals surface area contributed by atoms with Gasteiger partial charge in [0.1, 0.15) is 17.2 Å². The van der Waals surface area contributed by atoms with E-state index in [0.717, 1.165) is 0 Å². The number of aromatic amines is 1. The number of nitrogens with one attached hydrogen (secondary N) is 2. The van der Waals surface area contributed by atoms with E-state index in [1.165, 1.54) is 31.6 Å². The number of anilines is 2. The zero-order chi connectivity index (χ0) is 16.6. The summed E-state index contributed by atoms with van der Waals surface area (Å²) in [4.78, 5) is 26.6. The Bertz CT molecular complexity index is 964. The maximum atomic E-state index is 14.0. The second-order valence-electron chi connectivity index (χ2n) is 4.61. The third-order valence-electron chi connectivity index (χ3n) is 3.21. The fourth-order valence-electron chi connectivity index (χ4n) is 2.15. The van der Waals surface area contributed by atoms with Crippen LogP contribution in [0.2, 0.25) is 0 Å². The number of halogens is 2. The molecule has 0 aliphatic rings. The number of carbonyl (C=O) groups is 1. The molecule has 0 fully saturated rings. The fourth-order valence-corrected chi connectivity index (χ4v) is 2.61. The van der Waals surface area contributed by atoms with Crippen molar-refractivity contribution in [2.75, 3.05) is 12.4 Å². The summed E-state index contributed by atoms with van der Waals surface area (Å²) in [6.45, 7) is 0. The van der Waals surface area contributed by atoms with Crippen LogP contribution in [0.5, 0.6) is 0 Å². The van der Waals surface area contributed by atoms with E-state index in [9.17, 15) is 14.0 Å². The minimum absolute atomic E-state index is 0.00408. The van der Waals surface area contributed by atoms with Crippen molar-refractivity contribution >= 4 is 51.0 Å². The van der Waals surface area contributed by atoms with Gasteiger partial charge in [0, 0.05) is 3.57 Å². The van der Waals surface area contributed by atoms with Crippen LogP contribution in [0.3, 0.4) is 0 Å². The minimum atomic E-state index is -0.713. The molecule has 8 heteroatoms. The monoisotopic (exact) mass is 428 g/mol. The molecule has 2 heterocycles. The van der Waals surface area contributed by atoms with Crippen molar-refractivity contribution < 1.29 is 18.3 Å². The van der Waals surface area contributed by atoms with Crippen LogP contribution in [0.4, 0.5) is 15.9 Å². The predicted octanol–water partition coefficient (Wildman–Crippen LogP) is 3.40. The standard InChI is InChI=1S/C15H10FIN2O4/c1-22-15(21)11-12-8(4-5-23-12)14(20)19-13(11)18-10-3-2-7(17)6-9(10)16/h2-6H,1H3,(H2,18,19,20). The largest absolute Gasteiger partial charge is 0.465 e. The SMILES string of the molecule is COC(=O)c1c(Nc2ccc(I)cc2F)[nH]c(=O)c2ccoc12. The van der Waals surface area contributed by atoms with Crippen molar-refractivity contribution in [3.05, 3.63) is 55.8 Å². The number of pyridine rings is 1.